The van der Waals surface area contributed by atoms with Crippen molar-refractivity contribution < 1.29 is 9.47 Å². The van der Waals surface area contributed by atoms with Crippen LogP contribution in [0, 0.1) is 0 Å². The maximum Gasteiger partial charge on any atom is 0.163 e. The van der Waals surface area contributed by atoms with E-state index >= 15 is 0 Å². The summed E-state index contributed by atoms with van der Waals surface area (Å²) in [5.74, 6) is 1.60. The highest BCUT2D eigenvalue weighted by molar-refractivity contribution is 5.96. The molecule has 0 amide bonds. The molecule has 0 bridgehead atoms. The number of nitrogens with one attached hydrogen (secondary N) is 1. The Morgan fingerprint density at radius 1 is 1.03 bits per heavy atom. The van der Waals surface area contributed by atoms with Crippen LogP contribution in [0.15, 0.2) is 36.7 Å². The second-order valence-electron chi connectivity index (χ2n) is 10.7. The topological polar surface area (TPSA) is 62.8 Å². The van der Waals surface area contributed by atoms with Crippen molar-refractivity contribution in [3.05, 3.63) is 47.9 Å². The zero-order chi connectivity index (χ0) is 25.0. The van der Waals surface area contributed by atoms with Gasteiger partial charge in [-0.3, -0.25) is 9.97 Å². The van der Waals surface area contributed by atoms with Crippen LogP contribution < -0.4 is 19.7 Å². The average Bonchev–Trinajstić information content (AvgIpc) is 3.64. The minimum Gasteiger partial charge on any atom is -0.493 e. The van der Waals surface area contributed by atoms with Crippen LogP contribution in [0.1, 0.15) is 49.8 Å². The molecule has 0 atom stereocenters. The number of fused-ring (bicyclic) bond motifs is 2. The first-order valence-electron chi connectivity index (χ1n) is 14.1. The fourth-order valence-electron chi connectivity index (χ4n) is 6.21. The first kappa shape index (κ1) is 24.3. The zero-order valence-electron chi connectivity index (χ0n) is 22.0. The van der Waals surface area contributed by atoms with Gasteiger partial charge in [0.1, 0.15) is 0 Å². The van der Waals surface area contributed by atoms with Crippen LogP contribution in [0.3, 0.4) is 0 Å². The van der Waals surface area contributed by atoms with Crippen LogP contribution in [0.4, 0.5) is 11.4 Å². The lowest BCUT2D eigenvalue weighted by molar-refractivity contribution is 0.254. The van der Waals surface area contributed by atoms with Crippen molar-refractivity contribution in [2.24, 2.45) is 0 Å². The van der Waals surface area contributed by atoms with E-state index in [0.29, 0.717) is 12.6 Å². The summed E-state index contributed by atoms with van der Waals surface area (Å²) in [5, 5.41) is 5.12. The molecular formula is C30H39N5O2. The Labute approximate surface area is 220 Å². The van der Waals surface area contributed by atoms with E-state index in [-0.39, 0.29) is 0 Å². The maximum atomic E-state index is 6.24. The van der Waals surface area contributed by atoms with Gasteiger partial charge in [0.2, 0.25) is 0 Å². The van der Waals surface area contributed by atoms with Crippen LogP contribution in [-0.4, -0.2) is 67.4 Å². The number of hydrogen-bond donors (Lipinski definition) is 1. The van der Waals surface area contributed by atoms with Crippen molar-refractivity contribution in [2.45, 2.75) is 57.4 Å². The molecule has 2 saturated heterocycles. The van der Waals surface area contributed by atoms with E-state index in [0.717, 1.165) is 74.1 Å². The molecule has 0 spiro atoms. The van der Waals surface area contributed by atoms with Crippen molar-refractivity contribution in [2.75, 3.05) is 56.7 Å². The number of methoxy groups -OCH3 is 1. The maximum absolute atomic E-state index is 6.24. The molecule has 3 aromatic rings. The fraction of sp³-hybridized carbons (Fsp3) is 0.533. The van der Waals surface area contributed by atoms with E-state index in [2.05, 4.69) is 38.3 Å². The van der Waals surface area contributed by atoms with Crippen molar-refractivity contribution in [3.63, 3.8) is 0 Å². The average molecular weight is 502 g/mol. The van der Waals surface area contributed by atoms with Crippen LogP contribution >= 0.6 is 0 Å². The van der Waals surface area contributed by atoms with Gasteiger partial charge in [-0.05, 0) is 88.2 Å². The van der Waals surface area contributed by atoms with Gasteiger partial charge in [-0.25, -0.2) is 0 Å². The second kappa shape index (κ2) is 11.1. The summed E-state index contributed by atoms with van der Waals surface area (Å²) in [4.78, 5) is 14.4. The Hall–Kier alpha value is -3.06. The number of rotatable bonds is 9. The Morgan fingerprint density at radius 3 is 2.68 bits per heavy atom. The van der Waals surface area contributed by atoms with Crippen LogP contribution in [0.25, 0.3) is 10.9 Å². The number of ether oxygens (including phenoxy) is 2. The summed E-state index contributed by atoms with van der Waals surface area (Å²) >= 11 is 0. The predicted octanol–water partition coefficient (Wildman–Crippen LogP) is 5.07. The van der Waals surface area contributed by atoms with E-state index in [9.17, 15) is 0 Å². The molecule has 0 unspecified atom stereocenters. The number of likely N-dealkylation sites (tertiary alicyclic amines) is 1. The molecule has 0 radical (unpaired) electrons. The molecule has 1 N–H and O–H groups in total. The number of nitrogens with zero attached hydrogens (tertiary/aromatic N) is 4. The highest BCUT2D eigenvalue weighted by Gasteiger charge is 2.25. The smallest absolute Gasteiger partial charge is 0.163 e. The van der Waals surface area contributed by atoms with E-state index in [1.54, 1.807) is 7.11 Å². The summed E-state index contributed by atoms with van der Waals surface area (Å²) in [6, 6.07) is 8.85. The van der Waals surface area contributed by atoms with Gasteiger partial charge in [-0.2, -0.15) is 0 Å². The number of aromatic nitrogens is 2. The number of piperidine rings is 1. The minimum absolute atomic E-state index is 0.440. The molecule has 4 heterocycles. The van der Waals surface area contributed by atoms with Crippen molar-refractivity contribution >= 4 is 22.3 Å². The molecule has 1 aromatic carbocycles. The number of benzene rings is 1. The molecule has 37 heavy (non-hydrogen) atoms. The van der Waals surface area contributed by atoms with Crippen molar-refractivity contribution in [3.8, 4) is 11.5 Å². The van der Waals surface area contributed by atoms with Gasteiger partial charge >= 0.3 is 0 Å². The zero-order valence-corrected chi connectivity index (χ0v) is 22.0. The fourth-order valence-corrected chi connectivity index (χ4v) is 6.21. The molecule has 7 heteroatoms. The van der Waals surface area contributed by atoms with E-state index in [4.69, 9.17) is 14.5 Å². The second-order valence-corrected chi connectivity index (χ2v) is 10.7. The summed E-state index contributed by atoms with van der Waals surface area (Å²) in [5.41, 5.74) is 6.12. The molecule has 0 saturated carbocycles. The minimum atomic E-state index is 0.440. The molecule has 2 aromatic heterocycles. The summed E-state index contributed by atoms with van der Waals surface area (Å²) in [6.45, 7) is 6.33. The summed E-state index contributed by atoms with van der Waals surface area (Å²) in [6.07, 6.45) is 13.0. The van der Waals surface area contributed by atoms with E-state index < -0.39 is 0 Å². The third kappa shape index (κ3) is 5.33. The molecule has 1 aliphatic carbocycles. The van der Waals surface area contributed by atoms with Crippen molar-refractivity contribution in [1.29, 1.82) is 0 Å². The lowest BCUT2D eigenvalue weighted by Gasteiger charge is -2.34. The van der Waals surface area contributed by atoms with Crippen LogP contribution in [0.2, 0.25) is 0 Å². The highest BCUT2D eigenvalue weighted by atomic mass is 16.5. The van der Waals surface area contributed by atoms with Gasteiger partial charge in [0, 0.05) is 54.7 Å². The summed E-state index contributed by atoms with van der Waals surface area (Å²) in [7, 11) is 1.74. The monoisotopic (exact) mass is 501 g/mol. The predicted molar refractivity (Wildman–Crippen MR) is 149 cm³/mol. The van der Waals surface area contributed by atoms with E-state index in [1.165, 1.54) is 55.0 Å². The van der Waals surface area contributed by atoms with Gasteiger partial charge in [-0.1, -0.05) is 0 Å². The first-order chi connectivity index (χ1) is 18.3. The third-order valence-electron chi connectivity index (χ3n) is 8.23. The largest absolute Gasteiger partial charge is 0.493 e. The van der Waals surface area contributed by atoms with Gasteiger partial charge in [0.05, 0.1) is 31.1 Å². The summed E-state index contributed by atoms with van der Waals surface area (Å²) < 4.78 is 12.0. The van der Waals surface area contributed by atoms with Gasteiger partial charge < -0.3 is 24.6 Å². The number of anilines is 2. The quantitative estimate of drug-likeness (QED) is 0.411. The first-order valence-corrected chi connectivity index (χ1v) is 14.1. The molecule has 6 rings (SSSR count). The number of pyridine rings is 2. The van der Waals surface area contributed by atoms with Gasteiger partial charge in [0.15, 0.2) is 11.5 Å². The molecule has 3 aliphatic rings. The molecule has 196 valence electrons. The van der Waals surface area contributed by atoms with Gasteiger partial charge in [0.25, 0.3) is 0 Å². The Kier molecular flexibility index (Phi) is 7.31. The molecule has 2 aliphatic heterocycles. The number of aryl methyl sites for hydroxylation is 1. The highest BCUT2D eigenvalue weighted by Crippen LogP contribution is 2.40. The van der Waals surface area contributed by atoms with Crippen LogP contribution in [-0.2, 0) is 12.8 Å². The Morgan fingerprint density at radius 2 is 1.89 bits per heavy atom. The van der Waals surface area contributed by atoms with Gasteiger partial charge in [-0.15, -0.1) is 0 Å². The lowest BCUT2D eigenvalue weighted by Crippen LogP contribution is -2.39. The molecule has 2 fully saturated rings. The standard InChI is InChI=1S/C30H39N5O2/c1-36-28-19-25-27(20-29(28)37-18-6-15-34-13-2-3-14-34)33-26-9-4-8-24(26)30(25)32-22-10-16-35(17-11-22)23-7-5-12-31-21-23/h5,7,12,19-22H,2-4,6,8-11,13-18H2,1H3,(H,32,33). The van der Waals surface area contributed by atoms with Crippen LogP contribution in [0.5, 0.6) is 11.5 Å². The third-order valence-corrected chi connectivity index (χ3v) is 8.23. The SMILES string of the molecule is COc1cc2c(NC3CCN(c4cccnc4)CC3)c3c(nc2cc1OCCCN1CCCC1)CCC3. The Bertz CT molecular complexity index is 1200. The number of hydrogen-bond acceptors (Lipinski definition) is 7. The van der Waals surface area contributed by atoms with Crippen molar-refractivity contribution in [1.82, 2.24) is 14.9 Å². The normalized spacial score (nSPS) is 18.4. The molecular weight excluding hydrogens is 462 g/mol. The molecule has 7 nitrogen and oxygen atoms in total. The Balaban J connectivity index is 1.19. The van der Waals surface area contributed by atoms with E-state index in [1.807, 2.05) is 18.5 Å². The lowest BCUT2D eigenvalue weighted by atomic mass is 10.0.